The first kappa shape index (κ1) is 23.6. The van der Waals surface area contributed by atoms with Gasteiger partial charge in [-0.05, 0) is 42.2 Å². The summed E-state index contributed by atoms with van der Waals surface area (Å²) in [6.45, 7) is 2.37. The summed E-state index contributed by atoms with van der Waals surface area (Å²) in [5.41, 5.74) is 2.42. The molecule has 2 heterocycles. The van der Waals surface area contributed by atoms with Crippen molar-refractivity contribution in [3.05, 3.63) is 59.2 Å². The minimum absolute atomic E-state index is 0.0873. The lowest BCUT2D eigenvalue weighted by Crippen LogP contribution is -2.35. The number of nitrogens with zero attached hydrogens (tertiary/aromatic N) is 2. The highest BCUT2D eigenvalue weighted by molar-refractivity contribution is 5.98. The highest BCUT2D eigenvalue weighted by Crippen LogP contribution is 2.37. The SMILES string of the molecule is COc1ccc(C(CC(=O)NCCCN2CCCC2=O)N2Cc3ccccc3C2=O)cc1OC. The molecule has 0 aliphatic carbocycles. The normalized spacial score (nSPS) is 15.9. The summed E-state index contributed by atoms with van der Waals surface area (Å²) in [7, 11) is 3.13. The third kappa shape index (κ3) is 5.00. The first-order chi connectivity index (χ1) is 16.5. The molecule has 34 heavy (non-hydrogen) atoms. The molecule has 1 unspecified atom stereocenters. The van der Waals surface area contributed by atoms with Gasteiger partial charge in [0, 0.05) is 38.2 Å². The molecule has 2 aromatic carbocycles. The number of rotatable bonds is 10. The van der Waals surface area contributed by atoms with E-state index in [1.165, 1.54) is 0 Å². The van der Waals surface area contributed by atoms with Crippen LogP contribution in [-0.2, 0) is 16.1 Å². The quantitative estimate of drug-likeness (QED) is 0.545. The number of benzene rings is 2. The van der Waals surface area contributed by atoms with Gasteiger partial charge in [0.2, 0.25) is 11.8 Å². The van der Waals surface area contributed by atoms with E-state index in [1.807, 2.05) is 41.3 Å². The van der Waals surface area contributed by atoms with Gasteiger partial charge in [0.05, 0.1) is 26.7 Å². The predicted molar refractivity (Wildman–Crippen MR) is 127 cm³/mol. The minimum atomic E-state index is -0.458. The molecule has 1 N–H and O–H groups in total. The Kier molecular flexibility index (Phi) is 7.35. The van der Waals surface area contributed by atoms with Crippen molar-refractivity contribution in [2.24, 2.45) is 0 Å². The molecule has 8 nitrogen and oxygen atoms in total. The number of ether oxygens (including phenoxy) is 2. The maximum Gasteiger partial charge on any atom is 0.255 e. The molecule has 3 amide bonds. The first-order valence-electron chi connectivity index (χ1n) is 11.7. The van der Waals surface area contributed by atoms with E-state index in [0.717, 1.165) is 24.1 Å². The Morgan fingerprint density at radius 1 is 1.09 bits per heavy atom. The van der Waals surface area contributed by atoms with Crippen LogP contribution in [0, 0.1) is 0 Å². The van der Waals surface area contributed by atoms with E-state index in [4.69, 9.17) is 9.47 Å². The molecule has 2 aliphatic heterocycles. The van der Waals surface area contributed by atoms with Crippen LogP contribution in [0.2, 0.25) is 0 Å². The summed E-state index contributed by atoms with van der Waals surface area (Å²) in [5.74, 6) is 1.09. The smallest absolute Gasteiger partial charge is 0.255 e. The third-order valence-corrected chi connectivity index (χ3v) is 6.50. The molecule has 0 bridgehead atoms. The molecule has 8 heteroatoms. The lowest BCUT2D eigenvalue weighted by Gasteiger charge is -2.28. The van der Waals surface area contributed by atoms with Crippen LogP contribution in [0.25, 0.3) is 0 Å². The fourth-order valence-electron chi connectivity index (χ4n) is 4.68. The zero-order chi connectivity index (χ0) is 24.1. The van der Waals surface area contributed by atoms with Crippen LogP contribution < -0.4 is 14.8 Å². The number of hydrogen-bond donors (Lipinski definition) is 1. The first-order valence-corrected chi connectivity index (χ1v) is 11.7. The van der Waals surface area contributed by atoms with E-state index in [0.29, 0.717) is 49.5 Å². The van der Waals surface area contributed by atoms with Crippen molar-refractivity contribution in [2.75, 3.05) is 33.9 Å². The summed E-state index contributed by atoms with van der Waals surface area (Å²) in [6, 6.07) is 12.6. The largest absolute Gasteiger partial charge is 0.493 e. The Morgan fingerprint density at radius 2 is 1.88 bits per heavy atom. The van der Waals surface area contributed by atoms with Crippen LogP contribution in [-0.4, -0.2) is 61.4 Å². The molecule has 2 aliphatic rings. The van der Waals surface area contributed by atoms with Crippen molar-refractivity contribution in [3.63, 3.8) is 0 Å². The van der Waals surface area contributed by atoms with Crippen molar-refractivity contribution in [3.8, 4) is 11.5 Å². The van der Waals surface area contributed by atoms with Gasteiger partial charge in [0.1, 0.15) is 0 Å². The minimum Gasteiger partial charge on any atom is -0.493 e. The summed E-state index contributed by atoms with van der Waals surface area (Å²) in [6.07, 6.45) is 2.35. The van der Waals surface area contributed by atoms with Crippen molar-refractivity contribution >= 4 is 17.7 Å². The third-order valence-electron chi connectivity index (χ3n) is 6.50. The highest BCUT2D eigenvalue weighted by atomic mass is 16.5. The fraction of sp³-hybridized carbons (Fsp3) is 0.423. The molecule has 1 fully saturated rings. The maximum atomic E-state index is 13.2. The maximum absolute atomic E-state index is 13.2. The highest BCUT2D eigenvalue weighted by Gasteiger charge is 2.34. The lowest BCUT2D eigenvalue weighted by molar-refractivity contribution is -0.127. The number of carbonyl (C=O) groups is 3. The van der Waals surface area contributed by atoms with Gasteiger partial charge < -0.3 is 24.6 Å². The number of carbonyl (C=O) groups excluding carboxylic acids is 3. The van der Waals surface area contributed by atoms with Crippen molar-refractivity contribution < 1.29 is 23.9 Å². The van der Waals surface area contributed by atoms with Crippen LogP contribution in [0.5, 0.6) is 11.5 Å². The Balaban J connectivity index is 1.47. The van der Waals surface area contributed by atoms with Gasteiger partial charge in [-0.1, -0.05) is 24.3 Å². The Bertz CT molecular complexity index is 1070. The zero-order valence-corrected chi connectivity index (χ0v) is 19.7. The fourth-order valence-corrected chi connectivity index (χ4v) is 4.68. The molecular formula is C26H31N3O5. The Labute approximate surface area is 199 Å². The van der Waals surface area contributed by atoms with Gasteiger partial charge in [0.25, 0.3) is 5.91 Å². The van der Waals surface area contributed by atoms with E-state index in [1.54, 1.807) is 25.2 Å². The van der Waals surface area contributed by atoms with Crippen molar-refractivity contribution in [1.29, 1.82) is 0 Å². The molecule has 1 saturated heterocycles. The summed E-state index contributed by atoms with van der Waals surface area (Å²) in [5, 5.41) is 2.96. The number of likely N-dealkylation sites (tertiary alicyclic amines) is 1. The van der Waals surface area contributed by atoms with E-state index < -0.39 is 6.04 Å². The number of amides is 3. The summed E-state index contributed by atoms with van der Waals surface area (Å²) in [4.78, 5) is 41.5. The second kappa shape index (κ2) is 10.6. The second-order valence-corrected chi connectivity index (χ2v) is 8.61. The molecule has 4 rings (SSSR count). The zero-order valence-electron chi connectivity index (χ0n) is 19.7. The van der Waals surface area contributed by atoms with Crippen molar-refractivity contribution in [1.82, 2.24) is 15.1 Å². The molecule has 1 atom stereocenters. The van der Waals surface area contributed by atoms with Crippen LogP contribution in [0.3, 0.4) is 0 Å². The second-order valence-electron chi connectivity index (χ2n) is 8.61. The average molecular weight is 466 g/mol. The lowest BCUT2D eigenvalue weighted by atomic mass is 10.0. The topological polar surface area (TPSA) is 88.2 Å². The molecule has 0 radical (unpaired) electrons. The van der Waals surface area contributed by atoms with Gasteiger partial charge in [-0.3, -0.25) is 14.4 Å². The van der Waals surface area contributed by atoms with E-state index in [2.05, 4.69) is 5.32 Å². The predicted octanol–water partition coefficient (Wildman–Crippen LogP) is 2.92. The summed E-state index contributed by atoms with van der Waals surface area (Å²) < 4.78 is 10.8. The average Bonchev–Trinajstić information content (AvgIpc) is 3.42. The molecular weight excluding hydrogens is 434 g/mol. The van der Waals surface area contributed by atoms with Gasteiger partial charge in [-0.25, -0.2) is 0 Å². The van der Waals surface area contributed by atoms with Gasteiger partial charge in [-0.2, -0.15) is 0 Å². The van der Waals surface area contributed by atoms with Crippen LogP contribution in [0.4, 0.5) is 0 Å². The van der Waals surface area contributed by atoms with E-state index >= 15 is 0 Å². The van der Waals surface area contributed by atoms with Gasteiger partial charge >= 0.3 is 0 Å². The van der Waals surface area contributed by atoms with E-state index in [9.17, 15) is 14.4 Å². The number of methoxy groups -OCH3 is 2. The molecule has 2 aromatic rings. The summed E-state index contributed by atoms with van der Waals surface area (Å²) >= 11 is 0. The van der Waals surface area contributed by atoms with Crippen LogP contribution in [0.15, 0.2) is 42.5 Å². The standard InChI is InChI=1S/C26H31N3O5/c1-33-22-11-10-18(15-23(22)34-2)21(29-17-19-7-3-4-8-20(19)26(29)32)16-24(30)27-12-6-14-28-13-5-9-25(28)31/h3-4,7-8,10-11,15,21H,5-6,9,12-14,16-17H2,1-2H3,(H,27,30). The number of nitrogens with one attached hydrogen (secondary N) is 1. The van der Waals surface area contributed by atoms with Crippen LogP contribution >= 0.6 is 0 Å². The molecule has 180 valence electrons. The molecule has 0 spiro atoms. The van der Waals surface area contributed by atoms with Crippen LogP contribution in [0.1, 0.15) is 53.2 Å². The number of hydrogen-bond acceptors (Lipinski definition) is 5. The monoisotopic (exact) mass is 465 g/mol. The number of fused-ring (bicyclic) bond motifs is 1. The van der Waals surface area contributed by atoms with E-state index in [-0.39, 0.29) is 24.1 Å². The Morgan fingerprint density at radius 3 is 2.59 bits per heavy atom. The van der Waals surface area contributed by atoms with Crippen molar-refractivity contribution in [2.45, 2.75) is 38.3 Å². The molecule has 0 aromatic heterocycles. The Hall–Kier alpha value is -3.55. The van der Waals surface area contributed by atoms with Gasteiger partial charge in [-0.15, -0.1) is 0 Å². The van der Waals surface area contributed by atoms with Gasteiger partial charge in [0.15, 0.2) is 11.5 Å². The molecule has 0 saturated carbocycles.